The highest BCUT2D eigenvalue weighted by Crippen LogP contribution is 2.33. The van der Waals surface area contributed by atoms with Crippen molar-refractivity contribution in [3.63, 3.8) is 0 Å². The molecule has 0 radical (unpaired) electrons. The summed E-state index contributed by atoms with van der Waals surface area (Å²) in [5.41, 5.74) is 6.77. The van der Waals surface area contributed by atoms with Crippen molar-refractivity contribution in [2.24, 2.45) is 0 Å². The fraction of sp³-hybridized carbons (Fsp3) is 0.318. The Bertz CT molecular complexity index is 1140. The molecular formula is C22H27N3O3S. The Hall–Kier alpha value is -2.64. The molecule has 0 spiro atoms. The first kappa shape index (κ1) is 21.1. The third kappa shape index (κ3) is 4.68. The molecule has 154 valence electrons. The molecule has 0 fully saturated rings. The van der Waals surface area contributed by atoms with Gasteiger partial charge in [0.2, 0.25) is 0 Å². The normalized spacial score (nSPS) is 13.6. The smallest absolute Gasteiger partial charge is 0.261 e. The molecule has 0 unspecified atom stereocenters. The zero-order valence-electron chi connectivity index (χ0n) is 17.1. The van der Waals surface area contributed by atoms with Crippen molar-refractivity contribution in [1.82, 2.24) is 9.55 Å². The third-order valence-corrected chi connectivity index (χ3v) is 5.27. The van der Waals surface area contributed by atoms with Crippen molar-refractivity contribution in [2.75, 3.05) is 17.7 Å². The lowest BCUT2D eigenvalue weighted by molar-refractivity contribution is 0.490. The van der Waals surface area contributed by atoms with Crippen LogP contribution >= 0.6 is 0 Å². The zero-order chi connectivity index (χ0) is 21.2. The molecule has 29 heavy (non-hydrogen) atoms. The molecule has 1 aliphatic heterocycles. The van der Waals surface area contributed by atoms with Crippen LogP contribution in [0.1, 0.15) is 22.4 Å². The number of nitrogens with zero attached hydrogens (tertiary/aromatic N) is 3. The van der Waals surface area contributed by atoms with Gasteiger partial charge in [-0.1, -0.05) is 30.3 Å². The number of aromatic nitrogens is 2. The minimum Gasteiger partial charge on any atom is -0.350 e. The second-order valence-electron chi connectivity index (χ2n) is 7.31. The monoisotopic (exact) mass is 413 g/mol. The number of rotatable bonds is 3. The van der Waals surface area contributed by atoms with Crippen LogP contribution in [0, 0.1) is 13.8 Å². The summed E-state index contributed by atoms with van der Waals surface area (Å²) in [7, 11) is -3.67. The van der Waals surface area contributed by atoms with E-state index in [2.05, 4.69) is 60.2 Å². The molecule has 2 aromatic heterocycles. The molecule has 4 rings (SSSR count). The lowest BCUT2D eigenvalue weighted by atomic mass is 10.00. The number of allylic oxidation sites excluding steroid dienone is 1. The summed E-state index contributed by atoms with van der Waals surface area (Å²) in [4.78, 5) is 7.19. The number of pyridine rings is 1. The molecule has 3 aromatic rings. The molecular weight excluding hydrogens is 386 g/mol. The van der Waals surface area contributed by atoms with Gasteiger partial charge < -0.3 is 9.47 Å². The van der Waals surface area contributed by atoms with Gasteiger partial charge in [0.25, 0.3) is 10.1 Å². The Kier molecular flexibility index (Phi) is 6.10. The van der Waals surface area contributed by atoms with Gasteiger partial charge in [-0.2, -0.15) is 8.42 Å². The number of aryl methyl sites for hydroxylation is 1. The second-order valence-corrected chi connectivity index (χ2v) is 8.78. The summed E-state index contributed by atoms with van der Waals surface area (Å²) in [6, 6.07) is 10.9. The van der Waals surface area contributed by atoms with Gasteiger partial charge in [-0.05, 0) is 43.0 Å². The van der Waals surface area contributed by atoms with Gasteiger partial charge in [0.15, 0.2) is 5.82 Å². The fourth-order valence-corrected chi connectivity index (χ4v) is 3.84. The standard InChI is InChI=1S/C21H23N3.CH4O3S/c1-4-12-24-16(3)15(2)19-9-11-22-21(20(19)24)23-13-10-17-7-5-6-8-18(17)14-23;1-5(2,3)4/h4-9,11H,1,10,12-14H2,2-3H3;1H3,(H,2,3,4). The molecule has 0 atom stereocenters. The maximum Gasteiger partial charge on any atom is 0.261 e. The lowest BCUT2D eigenvalue weighted by Gasteiger charge is -2.30. The van der Waals surface area contributed by atoms with Crippen molar-refractivity contribution in [1.29, 1.82) is 0 Å². The van der Waals surface area contributed by atoms with Crippen molar-refractivity contribution in [3.05, 3.63) is 71.6 Å². The fourth-order valence-electron chi connectivity index (χ4n) is 3.84. The van der Waals surface area contributed by atoms with Gasteiger partial charge in [0.1, 0.15) is 0 Å². The first-order valence-corrected chi connectivity index (χ1v) is 11.3. The van der Waals surface area contributed by atoms with E-state index in [9.17, 15) is 8.42 Å². The van der Waals surface area contributed by atoms with Crippen LogP contribution in [0.5, 0.6) is 0 Å². The molecule has 6 nitrogen and oxygen atoms in total. The highest BCUT2D eigenvalue weighted by Gasteiger charge is 2.22. The number of benzene rings is 1. The van der Waals surface area contributed by atoms with Crippen molar-refractivity contribution in [2.45, 2.75) is 33.4 Å². The summed E-state index contributed by atoms with van der Waals surface area (Å²) < 4.78 is 28.2. The lowest BCUT2D eigenvalue weighted by Crippen LogP contribution is -2.31. The topological polar surface area (TPSA) is 75.4 Å². The molecule has 0 saturated heterocycles. The maximum absolute atomic E-state index is 9.19. The van der Waals surface area contributed by atoms with Crippen LogP contribution in [-0.4, -0.2) is 35.3 Å². The van der Waals surface area contributed by atoms with Gasteiger partial charge in [-0.3, -0.25) is 4.55 Å². The zero-order valence-corrected chi connectivity index (χ0v) is 17.9. The Morgan fingerprint density at radius 1 is 1.21 bits per heavy atom. The first-order chi connectivity index (χ1) is 13.7. The highest BCUT2D eigenvalue weighted by atomic mass is 32.2. The van der Waals surface area contributed by atoms with Crippen LogP contribution in [-0.2, 0) is 29.6 Å². The molecule has 0 amide bonds. The summed E-state index contributed by atoms with van der Waals surface area (Å²) in [6.45, 7) is 11.1. The Morgan fingerprint density at radius 3 is 2.52 bits per heavy atom. The van der Waals surface area contributed by atoms with Crippen LogP contribution in [0.3, 0.4) is 0 Å². The molecule has 1 aliphatic rings. The van der Waals surface area contributed by atoms with Gasteiger partial charge in [0, 0.05) is 36.9 Å². The molecule has 1 aromatic carbocycles. The Labute approximate surface area is 172 Å². The maximum atomic E-state index is 9.19. The number of hydrogen-bond acceptors (Lipinski definition) is 4. The molecule has 0 bridgehead atoms. The SMILES string of the molecule is C=CCn1c(C)c(C)c2ccnc(N3CCc4ccccc4C3)c21.CS(=O)(=O)O. The molecule has 3 heterocycles. The predicted molar refractivity (Wildman–Crippen MR) is 118 cm³/mol. The van der Waals surface area contributed by atoms with Crippen LogP contribution in [0.15, 0.2) is 49.2 Å². The number of fused-ring (bicyclic) bond motifs is 2. The van der Waals surface area contributed by atoms with E-state index in [1.54, 1.807) is 0 Å². The van der Waals surface area contributed by atoms with Crippen molar-refractivity contribution in [3.8, 4) is 0 Å². The van der Waals surface area contributed by atoms with Gasteiger partial charge in [0.05, 0.1) is 11.8 Å². The quantitative estimate of drug-likeness (QED) is 0.521. The Morgan fingerprint density at radius 2 is 1.86 bits per heavy atom. The third-order valence-electron chi connectivity index (χ3n) is 5.27. The van der Waals surface area contributed by atoms with E-state index in [0.717, 1.165) is 31.9 Å². The summed E-state index contributed by atoms with van der Waals surface area (Å²) in [5.74, 6) is 1.10. The predicted octanol–water partition coefficient (Wildman–Crippen LogP) is 3.91. The number of anilines is 1. The van der Waals surface area contributed by atoms with E-state index in [0.29, 0.717) is 6.26 Å². The van der Waals surface area contributed by atoms with Crippen LogP contribution in [0.4, 0.5) is 5.82 Å². The van der Waals surface area contributed by atoms with Crippen LogP contribution in [0.25, 0.3) is 10.9 Å². The molecule has 0 aliphatic carbocycles. The first-order valence-electron chi connectivity index (χ1n) is 9.50. The second kappa shape index (κ2) is 8.39. The van der Waals surface area contributed by atoms with E-state index < -0.39 is 10.1 Å². The van der Waals surface area contributed by atoms with Gasteiger partial charge in [-0.15, -0.1) is 6.58 Å². The molecule has 1 N–H and O–H groups in total. The summed E-state index contributed by atoms with van der Waals surface area (Å²) >= 11 is 0. The van der Waals surface area contributed by atoms with E-state index in [1.165, 1.54) is 33.3 Å². The number of hydrogen-bond donors (Lipinski definition) is 1. The van der Waals surface area contributed by atoms with E-state index in [1.807, 2.05) is 12.3 Å². The summed E-state index contributed by atoms with van der Waals surface area (Å²) in [6.07, 6.45) is 5.71. The molecule has 0 saturated carbocycles. The van der Waals surface area contributed by atoms with E-state index in [4.69, 9.17) is 9.54 Å². The van der Waals surface area contributed by atoms with Crippen LogP contribution in [0.2, 0.25) is 0 Å². The molecule has 7 heteroatoms. The van der Waals surface area contributed by atoms with Gasteiger partial charge in [-0.25, -0.2) is 4.98 Å². The van der Waals surface area contributed by atoms with Crippen molar-refractivity contribution >= 4 is 26.8 Å². The largest absolute Gasteiger partial charge is 0.350 e. The summed E-state index contributed by atoms with van der Waals surface area (Å²) in [5, 5.41) is 1.30. The van der Waals surface area contributed by atoms with Gasteiger partial charge >= 0.3 is 0 Å². The highest BCUT2D eigenvalue weighted by molar-refractivity contribution is 7.85. The van der Waals surface area contributed by atoms with E-state index in [-0.39, 0.29) is 0 Å². The van der Waals surface area contributed by atoms with Crippen LogP contribution < -0.4 is 4.90 Å². The minimum atomic E-state index is -3.67. The average molecular weight is 414 g/mol. The Balaban J connectivity index is 0.000000431. The van der Waals surface area contributed by atoms with E-state index >= 15 is 0 Å². The minimum absolute atomic E-state index is 0.715. The average Bonchev–Trinajstić information content (AvgIpc) is 2.92. The van der Waals surface area contributed by atoms with Crippen molar-refractivity contribution < 1.29 is 13.0 Å².